The third kappa shape index (κ3) is 17.7. The van der Waals surface area contributed by atoms with Crippen LogP contribution in [0.2, 0.25) is 0 Å². The number of amides is 7. The van der Waals surface area contributed by atoms with Gasteiger partial charge in [0.15, 0.2) is 0 Å². The molecule has 1 heterocycles. The number of cyclic esters (lactones) is 1. The van der Waals surface area contributed by atoms with E-state index in [2.05, 4.69) is 37.2 Å². The molecule has 7 amide bonds. The van der Waals surface area contributed by atoms with E-state index in [0.717, 1.165) is 0 Å². The summed E-state index contributed by atoms with van der Waals surface area (Å²) in [6, 6.07) is -8.20. The molecule has 56 heavy (non-hydrogen) atoms. The predicted molar refractivity (Wildman–Crippen MR) is 212 cm³/mol. The molecule has 0 saturated carbocycles. The fraction of sp³-hybridized carbons (Fsp3) is 0.800. The van der Waals surface area contributed by atoms with Gasteiger partial charge in [0.25, 0.3) is 0 Å². The second-order valence-electron chi connectivity index (χ2n) is 17.1. The van der Waals surface area contributed by atoms with Crippen LogP contribution in [0.25, 0.3) is 0 Å². The van der Waals surface area contributed by atoms with Crippen LogP contribution < -0.4 is 37.2 Å². The number of carbonyl (C=O) groups is 8. The maximum atomic E-state index is 13.9. The highest BCUT2D eigenvalue weighted by Gasteiger charge is 2.36. The Bertz CT molecular complexity index is 1370. The number of carbonyl (C=O) groups excluding carboxylic acids is 8. The van der Waals surface area contributed by atoms with Crippen LogP contribution in [0.15, 0.2) is 0 Å². The number of ether oxygens (including phenoxy) is 1. The van der Waals surface area contributed by atoms with Crippen molar-refractivity contribution in [1.82, 2.24) is 37.2 Å². The Labute approximate surface area is 333 Å². The van der Waals surface area contributed by atoms with E-state index in [1.54, 1.807) is 0 Å². The lowest BCUT2D eigenvalue weighted by molar-refractivity contribution is -0.155. The van der Waals surface area contributed by atoms with Crippen LogP contribution in [-0.4, -0.2) is 95.7 Å². The van der Waals surface area contributed by atoms with E-state index >= 15 is 0 Å². The standard InChI is InChI=1S/C40H71N7O9/c1-14-24(10)19-32(48)47-33-27(13)56-40(55)26(12)42-35(50)28(15-20(2)3)44-37(52)30(17-22(6)7)46-38(53)31(18-23(8)9)45-36(51)29(16-21(4)5)43-34(49)25(11)41-39(33)54/h20-31,33H,14-19H2,1-13H3,(H,41,54)(H,42,50)(H,43,49)(H,44,52)(H,45,51)(H,46,53)(H,47,48)/t24?,25-,26-,27+,28?,29?,30?,31?,33-/m0/s1. The van der Waals surface area contributed by atoms with Gasteiger partial charge in [0.1, 0.15) is 48.4 Å². The first kappa shape index (κ1) is 49.8. The maximum absolute atomic E-state index is 13.9. The Morgan fingerprint density at radius 1 is 0.536 bits per heavy atom. The lowest BCUT2D eigenvalue weighted by Gasteiger charge is -2.30. The van der Waals surface area contributed by atoms with Crippen molar-refractivity contribution in [3.63, 3.8) is 0 Å². The number of nitrogens with one attached hydrogen (secondary N) is 7. The van der Waals surface area contributed by atoms with Crippen LogP contribution in [0.1, 0.15) is 129 Å². The van der Waals surface area contributed by atoms with Gasteiger partial charge in [0, 0.05) is 6.42 Å². The number of hydrogen-bond acceptors (Lipinski definition) is 9. The lowest BCUT2D eigenvalue weighted by Crippen LogP contribution is -2.61. The van der Waals surface area contributed by atoms with Gasteiger partial charge in [-0.2, -0.15) is 0 Å². The van der Waals surface area contributed by atoms with Gasteiger partial charge in [0.2, 0.25) is 41.4 Å². The molecule has 0 spiro atoms. The highest BCUT2D eigenvalue weighted by atomic mass is 16.5. The summed E-state index contributed by atoms with van der Waals surface area (Å²) in [5.74, 6) is -5.66. The van der Waals surface area contributed by atoms with E-state index in [4.69, 9.17) is 4.74 Å². The van der Waals surface area contributed by atoms with E-state index in [9.17, 15) is 38.4 Å². The topological polar surface area (TPSA) is 230 Å². The van der Waals surface area contributed by atoms with Crippen molar-refractivity contribution in [3.05, 3.63) is 0 Å². The fourth-order valence-electron chi connectivity index (χ4n) is 6.11. The third-order valence-corrected chi connectivity index (χ3v) is 9.43. The van der Waals surface area contributed by atoms with Crippen molar-refractivity contribution in [2.45, 2.75) is 177 Å². The summed E-state index contributed by atoms with van der Waals surface area (Å²) >= 11 is 0. The van der Waals surface area contributed by atoms with Gasteiger partial charge in [-0.05, 0) is 76.0 Å². The molecule has 9 atom stereocenters. The zero-order valence-corrected chi connectivity index (χ0v) is 35.9. The molecule has 16 nitrogen and oxygen atoms in total. The molecular formula is C40H71N7O9. The van der Waals surface area contributed by atoms with Crippen molar-refractivity contribution in [2.75, 3.05) is 0 Å². The minimum atomic E-state index is -1.43. The SMILES string of the molecule is CCC(C)CC(=O)N[C@@H]1C(=O)N[C@@H](C)C(=O)NC(CC(C)C)C(=O)NC(CC(C)C)C(=O)NC(CC(C)C)C(=O)NC(CC(C)C)C(=O)N[C@@H](C)C(=O)O[C@@H]1C. The first-order valence-corrected chi connectivity index (χ1v) is 20.3. The van der Waals surface area contributed by atoms with Gasteiger partial charge in [0.05, 0.1) is 0 Å². The Morgan fingerprint density at radius 3 is 1.23 bits per heavy atom. The average molecular weight is 794 g/mol. The van der Waals surface area contributed by atoms with Gasteiger partial charge in [-0.15, -0.1) is 0 Å². The molecule has 1 rings (SSSR count). The largest absolute Gasteiger partial charge is 0.458 e. The molecule has 1 aliphatic rings. The summed E-state index contributed by atoms with van der Waals surface area (Å²) in [6.07, 6.45) is 0.388. The molecule has 7 N–H and O–H groups in total. The Morgan fingerprint density at radius 2 is 0.875 bits per heavy atom. The van der Waals surface area contributed by atoms with Gasteiger partial charge in [-0.3, -0.25) is 33.6 Å². The molecule has 0 radical (unpaired) electrons. The molecular weight excluding hydrogens is 722 g/mol. The quantitative estimate of drug-likeness (QED) is 0.143. The molecule has 0 bridgehead atoms. The molecule has 16 heteroatoms. The molecule has 1 fully saturated rings. The minimum absolute atomic E-state index is 0.00739. The highest BCUT2D eigenvalue weighted by Crippen LogP contribution is 2.14. The Balaban J connectivity index is 3.76. The predicted octanol–water partition coefficient (Wildman–Crippen LogP) is 1.99. The second-order valence-corrected chi connectivity index (χ2v) is 17.1. The fourth-order valence-corrected chi connectivity index (χ4v) is 6.11. The van der Waals surface area contributed by atoms with E-state index in [-0.39, 0.29) is 61.7 Å². The van der Waals surface area contributed by atoms with E-state index in [1.165, 1.54) is 20.8 Å². The number of esters is 1. The van der Waals surface area contributed by atoms with Crippen LogP contribution in [-0.2, 0) is 43.1 Å². The lowest BCUT2D eigenvalue weighted by atomic mass is 9.98. The molecule has 1 aliphatic heterocycles. The first-order valence-electron chi connectivity index (χ1n) is 20.3. The van der Waals surface area contributed by atoms with Crippen molar-refractivity contribution < 1.29 is 43.1 Å². The molecule has 5 unspecified atom stereocenters. The Hall–Kier alpha value is -4.24. The zero-order chi connectivity index (χ0) is 43.0. The maximum Gasteiger partial charge on any atom is 0.328 e. The number of hydrogen-bond donors (Lipinski definition) is 7. The van der Waals surface area contributed by atoms with Crippen LogP contribution >= 0.6 is 0 Å². The van der Waals surface area contributed by atoms with Crippen LogP contribution in [0.4, 0.5) is 0 Å². The number of rotatable bonds is 12. The van der Waals surface area contributed by atoms with E-state index < -0.39 is 95.7 Å². The van der Waals surface area contributed by atoms with Crippen LogP contribution in [0.3, 0.4) is 0 Å². The van der Waals surface area contributed by atoms with Gasteiger partial charge in [-0.25, -0.2) is 4.79 Å². The summed E-state index contributed by atoms with van der Waals surface area (Å²) < 4.78 is 5.61. The van der Waals surface area contributed by atoms with E-state index in [0.29, 0.717) is 6.42 Å². The van der Waals surface area contributed by atoms with Crippen LogP contribution in [0.5, 0.6) is 0 Å². The van der Waals surface area contributed by atoms with Gasteiger partial charge < -0.3 is 42.0 Å². The van der Waals surface area contributed by atoms with Crippen molar-refractivity contribution in [1.29, 1.82) is 0 Å². The molecule has 0 aromatic rings. The summed E-state index contributed by atoms with van der Waals surface area (Å²) in [7, 11) is 0. The van der Waals surface area contributed by atoms with E-state index in [1.807, 2.05) is 69.2 Å². The molecule has 0 aromatic heterocycles. The zero-order valence-electron chi connectivity index (χ0n) is 35.9. The highest BCUT2D eigenvalue weighted by molar-refractivity contribution is 5.97. The molecule has 320 valence electrons. The minimum Gasteiger partial charge on any atom is -0.458 e. The molecule has 1 saturated heterocycles. The van der Waals surface area contributed by atoms with Gasteiger partial charge >= 0.3 is 5.97 Å². The normalized spacial score (nSPS) is 27.6. The Kier molecular flexibility index (Phi) is 21.1. The van der Waals surface area contributed by atoms with Crippen molar-refractivity contribution >= 4 is 47.3 Å². The summed E-state index contributed by atoms with van der Waals surface area (Å²) in [6.45, 7) is 23.0. The summed E-state index contributed by atoms with van der Waals surface area (Å²) in [5, 5.41) is 18.8. The summed E-state index contributed by atoms with van der Waals surface area (Å²) in [5.41, 5.74) is 0. The monoisotopic (exact) mass is 794 g/mol. The average Bonchev–Trinajstić information content (AvgIpc) is 3.07. The first-order chi connectivity index (χ1) is 25.9. The van der Waals surface area contributed by atoms with Crippen molar-refractivity contribution in [3.8, 4) is 0 Å². The van der Waals surface area contributed by atoms with Crippen LogP contribution in [0, 0.1) is 29.6 Å². The summed E-state index contributed by atoms with van der Waals surface area (Å²) in [4.78, 5) is 109. The second kappa shape index (κ2) is 23.7. The molecule has 0 aliphatic carbocycles. The van der Waals surface area contributed by atoms with Gasteiger partial charge in [-0.1, -0.05) is 75.7 Å². The molecule has 0 aromatic carbocycles. The third-order valence-electron chi connectivity index (χ3n) is 9.43. The van der Waals surface area contributed by atoms with Crippen molar-refractivity contribution in [2.24, 2.45) is 29.6 Å². The smallest absolute Gasteiger partial charge is 0.328 e.